The van der Waals surface area contributed by atoms with Gasteiger partial charge in [-0.2, -0.15) is 0 Å². The maximum absolute atomic E-state index is 13.4. The molecule has 0 unspecified atom stereocenters. The Hall–Kier alpha value is -2.70. The van der Waals surface area contributed by atoms with E-state index in [1.54, 1.807) is 37.1 Å². The molecule has 0 spiro atoms. The average Bonchev–Trinajstić information content (AvgIpc) is 2.74. The molecule has 3 aromatic rings. The summed E-state index contributed by atoms with van der Waals surface area (Å²) in [5, 5.41) is 0. The standard InChI is InChI=1S/C23H21NO3S2/c1-17-8-11-20(12-9-17)29(25,26)24-15-14-23(28-19-6-4-3-5-7-19)21-13-10-18(27-2)16-22(21)24/h3-14,16H,15H2,1-2H3. The van der Waals surface area contributed by atoms with Crippen molar-refractivity contribution in [2.45, 2.75) is 16.7 Å². The van der Waals surface area contributed by atoms with Crippen LogP contribution in [0, 0.1) is 6.92 Å². The van der Waals surface area contributed by atoms with E-state index in [1.165, 1.54) is 4.31 Å². The van der Waals surface area contributed by atoms with Gasteiger partial charge in [0.2, 0.25) is 0 Å². The molecule has 0 aromatic heterocycles. The third-order valence-corrected chi connectivity index (χ3v) is 7.67. The maximum atomic E-state index is 13.4. The number of aryl methyl sites for hydroxylation is 1. The highest BCUT2D eigenvalue weighted by atomic mass is 32.2. The Morgan fingerprint density at radius 3 is 2.38 bits per heavy atom. The minimum atomic E-state index is -3.69. The van der Waals surface area contributed by atoms with E-state index in [9.17, 15) is 8.42 Å². The highest BCUT2D eigenvalue weighted by Gasteiger charge is 2.30. The number of sulfonamides is 1. The van der Waals surface area contributed by atoms with E-state index in [2.05, 4.69) is 0 Å². The first kappa shape index (κ1) is 19.6. The lowest BCUT2D eigenvalue weighted by Gasteiger charge is -2.30. The van der Waals surface area contributed by atoms with Crippen molar-refractivity contribution in [1.82, 2.24) is 0 Å². The van der Waals surface area contributed by atoms with E-state index in [0.717, 1.165) is 20.9 Å². The second-order valence-electron chi connectivity index (χ2n) is 6.72. The van der Waals surface area contributed by atoms with Crippen molar-refractivity contribution in [1.29, 1.82) is 0 Å². The van der Waals surface area contributed by atoms with Crippen molar-refractivity contribution in [2.75, 3.05) is 18.0 Å². The molecule has 4 rings (SSSR count). The molecule has 4 nitrogen and oxygen atoms in total. The van der Waals surface area contributed by atoms with E-state index >= 15 is 0 Å². The summed E-state index contributed by atoms with van der Waals surface area (Å²) in [6.07, 6.45) is 1.97. The number of methoxy groups -OCH3 is 1. The van der Waals surface area contributed by atoms with Gasteiger partial charge in [-0.1, -0.05) is 47.7 Å². The zero-order valence-corrected chi connectivity index (χ0v) is 17.8. The first-order valence-electron chi connectivity index (χ1n) is 9.20. The van der Waals surface area contributed by atoms with E-state index < -0.39 is 10.0 Å². The summed E-state index contributed by atoms with van der Waals surface area (Å²) in [5.41, 5.74) is 2.53. The molecule has 0 saturated heterocycles. The fraction of sp³-hybridized carbons (Fsp3) is 0.130. The third kappa shape index (κ3) is 3.91. The first-order chi connectivity index (χ1) is 14.0. The number of nitrogens with zero attached hydrogens (tertiary/aromatic N) is 1. The Bertz CT molecular complexity index is 1150. The second kappa shape index (κ2) is 7.97. The fourth-order valence-electron chi connectivity index (χ4n) is 3.20. The Labute approximate surface area is 175 Å². The predicted octanol–water partition coefficient (Wildman–Crippen LogP) is 5.35. The molecule has 0 atom stereocenters. The van der Waals surface area contributed by atoms with Crippen LogP contribution < -0.4 is 9.04 Å². The molecule has 1 heterocycles. The summed E-state index contributed by atoms with van der Waals surface area (Å²) in [5.74, 6) is 0.624. The number of thioether (sulfide) groups is 1. The Morgan fingerprint density at radius 2 is 1.69 bits per heavy atom. The number of rotatable bonds is 5. The molecule has 1 aliphatic rings. The van der Waals surface area contributed by atoms with Gasteiger partial charge in [-0.15, -0.1) is 0 Å². The van der Waals surface area contributed by atoms with Crippen molar-refractivity contribution < 1.29 is 13.2 Å². The van der Waals surface area contributed by atoms with Crippen molar-refractivity contribution in [3.8, 4) is 5.75 Å². The average molecular weight is 424 g/mol. The Kier molecular flexibility index (Phi) is 5.39. The van der Waals surface area contributed by atoms with Crippen LogP contribution in [0.4, 0.5) is 5.69 Å². The van der Waals surface area contributed by atoms with E-state index in [-0.39, 0.29) is 11.4 Å². The lowest BCUT2D eigenvalue weighted by molar-refractivity contribution is 0.415. The lowest BCUT2D eigenvalue weighted by atomic mass is 10.1. The summed E-state index contributed by atoms with van der Waals surface area (Å²) in [7, 11) is -2.11. The zero-order valence-electron chi connectivity index (χ0n) is 16.2. The highest BCUT2D eigenvalue weighted by molar-refractivity contribution is 8.08. The van der Waals surface area contributed by atoms with Gasteiger partial charge in [0.15, 0.2) is 0 Å². The van der Waals surface area contributed by atoms with Gasteiger partial charge in [0, 0.05) is 21.4 Å². The summed E-state index contributed by atoms with van der Waals surface area (Å²) < 4.78 is 33.6. The first-order valence-corrected chi connectivity index (χ1v) is 11.5. The molecule has 0 saturated carbocycles. The van der Waals surface area contributed by atoms with Gasteiger partial charge in [0.25, 0.3) is 10.0 Å². The zero-order chi connectivity index (χ0) is 20.4. The number of anilines is 1. The molecule has 1 aliphatic heterocycles. The smallest absolute Gasteiger partial charge is 0.264 e. The van der Waals surface area contributed by atoms with Gasteiger partial charge in [-0.25, -0.2) is 8.42 Å². The Balaban J connectivity index is 1.77. The molecule has 0 aliphatic carbocycles. The molecule has 0 radical (unpaired) electrons. The van der Waals surface area contributed by atoms with Gasteiger partial charge in [-0.3, -0.25) is 4.31 Å². The summed E-state index contributed by atoms with van der Waals surface area (Å²) in [4.78, 5) is 2.42. The second-order valence-corrected chi connectivity index (χ2v) is 9.69. The highest BCUT2D eigenvalue weighted by Crippen LogP contribution is 2.44. The van der Waals surface area contributed by atoms with Gasteiger partial charge < -0.3 is 4.74 Å². The molecule has 0 bridgehead atoms. The molecular weight excluding hydrogens is 402 g/mol. The maximum Gasteiger partial charge on any atom is 0.264 e. The molecule has 148 valence electrons. The SMILES string of the molecule is COc1ccc2c(c1)N(S(=O)(=O)c1ccc(C)cc1)CC=C2Sc1ccccc1. The number of fused-ring (bicyclic) bond motifs is 1. The topological polar surface area (TPSA) is 46.6 Å². The van der Waals surface area contributed by atoms with Gasteiger partial charge in [0.1, 0.15) is 5.75 Å². The van der Waals surface area contributed by atoms with Crippen LogP contribution in [0.25, 0.3) is 4.91 Å². The lowest BCUT2D eigenvalue weighted by Crippen LogP contribution is -2.33. The van der Waals surface area contributed by atoms with E-state index in [0.29, 0.717) is 11.4 Å². The fourth-order valence-corrected chi connectivity index (χ4v) is 5.61. The van der Waals surface area contributed by atoms with Gasteiger partial charge in [0.05, 0.1) is 24.2 Å². The molecule has 6 heteroatoms. The quantitative estimate of drug-likeness (QED) is 0.555. The van der Waals surface area contributed by atoms with Crippen molar-refractivity contribution in [2.24, 2.45) is 0 Å². The molecule has 0 fully saturated rings. The normalized spacial score (nSPS) is 13.6. The van der Waals surface area contributed by atoms with Crippen LogP contribution in [-0.2, 0) is 10.0 Å². The molecule has 0 amide bonds. The third-order valence-electron chi connectivity index (χ3n) is 4.76. The molecular formula is C23H21NO3S2. The van der Waals surface area contributed by atoms with Crippen molar-refractivity contribution in [3.05, 3.63) is 90.0 Å². The number of hydrogen-bond donors (Lipinski definition) is 0. The van der Waals surface area contributed by atoms with Crippen LogP contribution >= 0.6 is 11.8 Å². The summed E-state index contributed by atoms with van der Waals surface area (Å²) >= 11 is 1.63. The summed E-state index contributed by atoms with van der Waals surface area (Å²) in [6.45, 7) is 2.21. The van der Waals surface area contributed by atoms with Crippen LogP contribution in [0.3, 0.4) is 0 Å². The molecule has 29 heavy (non-hydrogen) atoms. The largest absolute Gasteiger partial charge is 0.497 e. The van der Waals surface area contributed by atoms with Gasteiger partial charge in [-0.05, 0) is 49.4 Å². The monoisotopic (exact) mass is 423 g/mol. The minimum Gasteiger partial charge on any atom is -0.497 e. The number of ether oxygens (including phenoxy) is 1. The van der Waals surface area contributed by atoms with Gasteiger partial charge >= 0.3 is 0 Å². The van der Waals surface area contributed by atoms with Crippen LogP contribution in [0.1, 0.15) is 11.1 Å². The van der Waals surface area contributed by atoms with Crippen LogP contribution in [-0.4, -0.2) is 22.1 Å². The minimum absolute atomic E-state index is 0.269. The summed E-state index contributed by atoms with van der Waals surface area (Å²) in [6, 6.07) is 22.6. The predicted molar refractivity (Wildman–Crippen MR) is 119 cm³/mol. The molecule has 3 aromatic carbocycles. The van der Waals surface area contributed by atoms with E-state index in [4.69, 9.17) is 4.74 Å². The van der Waals surface area contributed by atoms with E-state index in [1.807, 2.05) is 67.6 Å². The number of benzene rings is 3. The van der Waals surface area contributed by atoms with Crippen LogP contribution in [0.5, 0.6) is 5.75 Å². The van der Waals surface area contributed by atoms with Crippen LogP contribution in [0.15, 0.2) is 88.7 Å². The van der Waals surface area contributed by atoms with Crippen LogP contribution in [0.2, 0.25) is 0 Å². The molecule has 0 N–H and O–H groups in total. The Morgan fingerprint density at radius 1 is 0.966 bits per heavy atom. The van der Waals surface area contributed by atoms with Crippen molar-refractivity contribution >= 4 is 32.4 Å². The van der Waals surface area contributed by atoms with Crippen molar-refractivity contribution in [3.63, 3.8) is 0 Å². The number of hydrogen-bond acceptors (Lipinski definition) is 4.